The van der Waals surface area contributed by atoms with Crippen LogP contribution in [0.15, 0.2) is 0 Å². The number of hydrogen-bond acceptors (Lipinski definition) is 3. The topological polar surface area (TPSA) is 43.4 Å². The Bertz CT molecular complexity index is 146. The van der Waals surface area contributed by atoms with Gasteiger partial charge in [0, 0.05) is 6.42 Å². The van der Waals surface area contributed by atoms with Gasteiger partial charge in [-0.25, -0.2) is 0 Å². The zero-order valence-electron chi connectivity index (χ0n) is 5.92. The van der Waals surface area contributed by atoms with Crippen LogP contribution in [0.4, 0.5) is 0 Å². The van der Waals surface area contributed by atoms with E-state index in [1.807, 2.05) is 6.92 Å². The second-order valence-corrected chi connectivity index (χ2v) is 2.44. The first-order chi connectivity index (χ1) is 4.72. The van der Waals surface area contributed by atoms with Gasteiger partial charge < -0.3 is 4.74 Å². The molecule has 0 N–H and O–H groups in total. The minimum atomic E-state index is -0.372. The van der Waals surface area contributed by atoms with Crippen molar-refractivity contribution in [2.24, 2.45) is 0 Å². The maximum Gasteiger partial charge on any atom is 0.313 e. The van der Waals surface area contributed by atoms with Crippen molar-refractivity contribution < 1.29 is 14.3 Å². The largest absolute Gasteiger partial charge is 0.462 e. The molecule has 10 heavy (non-hydrogen) atoms. The summed E-state index contributed by atoms with van der Waals surface area (Å²) >= 11 is 0. The Balaban J connectivity index is 2.50. The van der Waals surface area contributed by atoms with Gasteiger partial charge in [0.15, 0.2) is 0 Å². The number of carbonyl (C=O) groups excluding carboxylic acids is 2. The van der Waals surface area contributed by atoms with Gasteiger partial charge in [0.25, 0.3) is 0 Å². The van der Waals surface area contributed by atoms with Crippen LogP contribution in [0.2, 0.25) is 0 Å². The normalized spacial score (nSPS) is 26.3. The summed E-state index contributed by atoms with van der Waals surface area (Å²) in [5.74, 6) is -0.369. The molecule has 0 aromatic rings. The molecule has 0 radical (unpaired) electrons. The number of rotatable bonds is 1. The SMILES string of the molecule is CC[C@@H]1CC(=O)CC(=O)O1. The molecular weight excluding hydrogens is 132 g/mol. The molecule has 0 aromatic heterocycles. The highest BCUT2D eigenvalue weighted by Gasteiger charge is 2.24. The third-order valence-electron chi connectivity index (χ3n) is 1.55. The van der Waals surface area contributed by atoms with Crippen LogP contribution < -0.4 is 0 Å². The standard InChI is InChI=1S/C7H10O3/c1-2-6-3-5(8)4-7(9)10-6/h6H,2-4H2,1H3/t6-/m1/s1. The van der Waals surface area contributed by atoms with Crippen molar-refractivity contribution in [2.45, 2.75) is 32.3 Å². The molecule has 1 heterocycles. The molecule has 0 aliphatic carbocycles. The first kappa shape index (κ1) is 7.25. The van der Waals surface area contributed by atoms with Gasteiger partial charge in [0.1, 0.15) is 18.3 Å². The quantitative estimate of drug-likeness (QED) is 0.399. The van der Waals surface area contributed by atoms with Gasteiger partial charge in [-0.2, -0.15) is 0 Å². The fourth-order valence-electron chi connectivity index (χ4n) is 0.984. The molecule has 1 aliphatic rings. The molecule has 0 aromatic carbocycles. The molecule has 1 aliphatic heterocycles. The van der Waals surface area contributed by atoms with Crippen molar-refractivity contribution in [3.05, 3.63) is 0 Å². The number of Topliss-reactive ketones (excluding diaryl/α,β-unsaturated/α-hetero) is 1. The highest BCUT2D eigenvalue weighted by molar-refractivity contribution is 5.97. The molecule has 1 rings (SSSR count). The maximum atomic E-state index is 10.7. The smallest absolute Gasteiger partial charge is 0.313 e. The molecule has 1 saturated heterocycles. The van der Waals surface area contributed by atoms with Gasteiger partial charge in [-0.15, -0.1) is 0 Å². The molecule has 3 nitrogen and oxygen atoms in total. The van der Waals surface area contributed by atoms with E-state index in [2.05, 4.69) is 0 Å². The van der Waals surface area contributed by atoms with Gasteiger partial charge >= 0.3 is 5.97 Å². The average Bonchev–Trinajstić information content (AvgIpc) is 1.85. The van der Waals surface area contributed by atoms with Crippen molar-refractivity contribution in [2.75, 3.05) is 0 Å². The molecule has 0 saturated carbocycles. The monoisotopic (exact) mass is 142 g/mol. The van der Waals surface area contributed by atoms with Crippen molar-refractivity contribution in [3.8, 4) is 0 Å². The fourth-order valence-corrected chi connectivity index (χ4v) is 0.984. The Morgan fingerprint density at radius 1 is 1.60 bits per heavy atom. The van der Waals surface area contributed by atoms with E-state index in [1.165, 1.54) is 0 Å². The number of ketones is 1. The van der Waals surface area contributed by atoms with Crippen LogP contribution in [-0.4, -0.2) is 17.9 Å². The third-order valence-corrected chi connectivity index (χ3v) is 1.55. The van der Waals surface area contributed by atoms with Crippen molar-refractivity contribution in [1.82, 2.24) is 0 Å². The third kappa shape index (κ3) is 1.56. The van der Waals surface area contributed by atoms with Gasteiger partial charge in [-0.1, -0.05) is 6.92 Å². The van der Waals surface area contributed by atoms with E-state index < -0.39 is 0 Å². The Morgan fingerprint density at radius 3 is 2.80 bits per heavy atom. The molecule has 0 amide bonds. The number of cyclic esters (lactones) is 1. The summed E-state index contributed by atoms with van der Waals surface area (Å²) < 4.78 is 4.85. The summed E-state index contributed by atoms with van der Waals surface area (Å²) in [7, 11) is 0. The van der Waals surface area contributed by atoms with E-state index in [1.54, 1.807) is 0 Å². The Morgan fingerprint density at radius 2 is 2.30 bits per heavy atom. The minimum absolute atomic E-state index is 0.00287. The van der Waals surface area contributed by atoms with Crippen LogP contribution in [0.25, 0.3) is 0 Å². The number of carbonyl (C=O) groups is 2. The van der Waals surface area contributed by atoms with Gasteiger partial charge in [0.05, 0.1) is 0 Å². The van der Waals surface area contributed by atoms with Crippen LogP contribution >= 0.6 is 0 Å². The molecule has 3 heteroatoms. The second kappa shape index (κ2) is 2.82. The lowest BCUT2D eigenvalue weighted by atomic mass is 10.1. The van der Waals surface area contributed by atoms with Crippen LogP contribution in [-0.2, 0) is 14.3 Å². The highest BCUT2D eigenvalue weighted by atomic mass is 16.5. The summed E-state index contributed by atoms with van der Waals surface area (Å²) in [6.07, 6.45) is 0.949. The van der Waals surface area contributed by atoms with E-state index in [4.69, 9.17) is 4.74 Å². The summed E-state index contributed by atoms with van der Waals surface area (Å²) in [6.45, 7) is 1.90. The number of ether oxygens (including phenoxy) is 1. The first-order valence-corrected chi connectivity index (χ1v) is 3.43. The van der Waals surface area contributed by atoms with Crippen LogP contribution in [0.3, 0.4) is 0 Å². The molecule has 0 unspecified atom stereocenters. The highest BCUT2D eigenvalue weighted by Crippen LogP contribution is 2.12. The van der Waals surface area contributed by atoms with E-state index in [0.717, 1.165) is 6.42 Å². The van der Waals surface area contributed by atoms with Crippen molar-refractivity contribution >= 4 is 11.8 Å². The molecular formula is C7H10O3. The number of hydrogen-bond donors (Lipinski definition) is 0. The van der Waals surface area contributed by atoms with E-state index >= 15 is 0 Å². The molecule has 0 spiro atoms. The van der Waals surface area contributed by atoms with E-state index in [0.29, 0.717) is 6.42 Å². The lowest BCUT2D eigenvalue weighted by Gasteiger charge is -2.19. The lowest BCUT2D eigenvalue weighted by Crippen LogP contribution is -2.28. The lowest BCUT2D eigenvalue weighted by molar-refractivity contribution is -0.157. The van der Waals surface area contributed by atoms with E-state index in [-0.39, 0.29) is 24.3 Å². The summed E-state index contributed by atoms with van der Waals surface area (Å²) in [4.78, 5) is 21.3. The van der Waals surface area contributed by atoms with E-state index in [9.17, 15) is 9.59 Å². The second-order valence-electron chi connectivity index (χ2n) is 2.44. The minimum Gasteiger partial charge on any atom is -0.462 e. The molecule has 56 valence electrons. The predicted molar refractivity (Wildman–Crippen MR) is 34.4 cm³/mol. The fraction of sp³-hybridized carbons (Fsp3) is 0.714. The predicted octanol–water partition coefficient (Wildman–Crippen LogP) is 0.671. The molecule has 1 fully saturated rings. The van der Waals surface area contributed by atoms with Gasteiger partial charge in [-0.3, -0.25) is 9.59 Å². The Labute approximate surface area is 59.4 Å². The summed E-state index contributed by atoms with van der Waals surface area (Å²) in [6, 6.07) is 0. The zero-order valence-corrected chi connectivity index (χ0v) is 5.92. The van der Waals surface area contributed by atoms with Crippen molar-refractivity contribution in [3.63, 3.8) is 0 Å². The van der Waals surface area contributed by atoms with Gasteiger partial charge in [0.2, 0.25) is 0 Å². The average molecular weight is 142 g/mol. The maximum absolute atomic E-state index is 10.7. The number of esters is 1. The van der Waals surface area contributed by atoms with Crippen LogP contribution in [0.1, 0.15) is 26.2 Å². The van der Waals surface area contributed by atoms with Crippen LogP contribution in [0, 0.1) is 0 Å². The summed E-state index contributed by atoms with van der Waals surface area (Å²) in [5.41, 5.74) is 0. The van der Waals surface area contributed by atoms with Crippen LogP contribution in [0.5, 0.6) is 0 Å². The van der Waals surface area contributed by atoms with Gasteiger partial charge in [-0.05, 0) is 6.42 Å². The zero-order chi connectivity index (χ0) is 7.56. The Hall–Kier alpha value is -0.860. The molecule has 0 bridgehead atoms. The molecule has 1 atom stereocenters. The first-order valence-electron chi connectivity index (χ1n) is 3.43. The Kier molecular flexibility index (Phi) is 2.04. The van der Waals surface area contributed by atoms with Crippen molar-refractivity contribution in [1.29, 1.82) is 0 Å². The summed E-state index contributed by atoms with van der Waals surface area (Å²) in [5, 5.41) is 0.